The summed E-state index contributed by atoms with van der Waals surface area (Å²) in [6.45, 7) is 3.18. The molecule has 6 nitrogen and oxygen atoms in total. The lowest BCUT2D eigenvalue weighted by atomic mass is 9.86. The minimum Gasteiger partial charge on any atom is -1.00 e. The zero-order valence-corrected chi connectivity index (χ0v) is 20.3. The van der Waals surface area contributed by atoms with Gasteiger partial charge >= 0.3 is 0 Å². The first-order chi connectivity index (χ1) is 14.4. The van der Waals surface area contributed by atoms with Gasteiger partial charge in [0.2, 0.25) is 12.5 Å². The number of carbonyl (C=O) groups is 1. The highest BCUT2D eigenvalue weighted by Gasteiger charge is 2.42. The van der Waals surface area contributed by atoms with Crippen LogP contribution in [0.3, 0.4) is 0 Å². The van der Waals surface area contributed by atoms with Crippen LogP contribution in [-0.2, 0) is 6.42 Å². The van der Waals surface area contributed by atoms with Crippen molar-refractivity contribution >= 4 is 5.78 Å². The van der Waals surface area contributed by atoms with Crippen LogP contribution in [0.25, 0.3) is 0 Å². The molecule has 31 heavy (non-hydrogen) atoms. The van der Waals surface area contributed by atoms with E-state index in [0.717, 1.165) is 24.1 Å². The van der Waals surface area contributed by atoms with E-state index in [1.165, 1.54) is 12.1 Å². The van der Waals surface area contributed by atoms with Crippen molar-refractivity contribution in [3.8, 4) is 23.0 Å². The molecule has 1 unspecified atom stereocenters. The molecule has 0 aromatic heterocycles. The molecule has 2 aliphatic heterocycles. The van der Waals surface area contributed by atoms with Crippen LogP contribution in [0.2, 0.25) is 0 Å². The second-order valence-corrected chi connectivity index (χ2v) is 8.19. The minimum absolute atomic E-state index is 0. The summed E-state index contributed by atoms with van der Waals surface area (Å²) in [6, 6.07) is 6.23. The number of halogens is 2. The summed E-state index contributed by atoms with van der Waals surface area (Å²) in [5, 5.41) is 0. The maximum atomic E-state index is 14.3. The molecule has 0 fully saturated rings. The lowest BCUT2D eigenvalue weighted by Gasteiger charge is -2.43. The maximum absolute atomic E-state index is 14.3. The Morgan fingerprint density at radius 2 is 2.03 bits per heavy atom. The molecule has 0 spiro atoms. The largest absolute Gasteiger partial charge is 1.00 e. The van der Waals surface area contributed by atoms with Gasteiger partial charge in [-0.1, -0.05) is 0 Å². The van der Waals surface area contributed by atoms with E-state index >= 15 is 0 Å². The van der Waals surface area contributed by atoms with Crippen LogP contribution in [0.4, 0.5) is 4.39 Å². The van der Waals surface area contributed by atoms with E-state index in [-0.39, 0.29) is 54.8 Å². The fourth-order valence-electron chi connectivity index (χ4n) is 4.36. The Labute approximate surface area is 198 Å². The number of fused-ring (bicyclic) bond motifs is 2. The van der Waals surface area contributed by atoms with Crippen LogP contribution < -0.4 is 42.9 Å². The SMILES string of the molecule is CCOc1ccc(C(=O)CC2c3c(cc4c(c3OC)OCO4)CC[N+]2(C)C)cc1F.[I-]. The van der Waals surface area contributed by atoms with E-state index < -0.39 is 5.82 Å². The fraction of sp³-hybridized carbons (Fsp3) is 0.435. The van der Waals surface area contributed by atoms with Gasteiger partial charge in [-0.2, -0.15) is 0 Å². The lowest BCUT2D eigenvalue weighted by Crippen LogP contribution is -3.00. The van der Waals surface area contributed by atoms with Gasteiger partial charge in [-0.15, -0.1) is 0 Å². The van der Waals surface area contributed by atoms with Gasteiger partial charge in [-0.25, -0.2) is 4.39 Å². The van der Waals surface area contributed by atoms with Crippen molar-refractivity contribution in [3.63, 3.8) is 0 Å². The Bertz CT molecular complexity index is 994. The van der Waals surface area contributed by atoms with Crippen molar-refractivity contribution in [2.24, 2.45) is 0 Å². The molecule has 0 bridgehead atoms. The zero-order chi connectivity index (χ0) is 21.5. The van der Waals surface area contributed by atoms with Gasteiger partial charge in [0.25, 0.3) is 0 Å². The molecule has 0 N–H and O–H groups in total. The molecule has 0 saturated heterocycles. The Balaban J connectivity index is 0.00000272. The molecule has 2 aromatic rings. The summed E-state index contributed by atoms with van der Waals surface area (Å²) >= 11 is 0. The normalized spacial score (nSPS) is 18.0. The number of benzene rings is 2. The summed E-state index contributed by atoms with van der Waals surface area (Å²) in [4.78, 5) is 13.2. The topological polar surface area (TPSA) is 54.0 Å². The molecule has 4 rings (SSSR count). The standard InChI is InChI=1S/C23H27FNO5.HI/c1-5-28-19-7-6-14(10-16(19)24)18(26)12-17-21-15(8-9-25(17,2)3)11-20-22(23(21)27-4)30-13-29-20;/h6-7,10-11,17H,5,8-9,12-13H2,1-4H3;1H/q+1;/p-1. The first-order valence-corrected chi connectivity index (χ1v) is 10.1. The summed E-state index contributed by atoms with van der Waals surface area (Å²) in [5.74, 6) is 1.39. The predicted octanol–water partition coefficient (Wildman–Crippen LogP) is 0.912. The first-order valence-electron chi connectivity index (χ1n) is 10.1. The van der Waals surface area contributed by atoms with Crippen LogP contribution in [0.5, 0.6) is 23.0 Å². The summed E-state index contributed by atoms with van der Waals surface area (Å²) < 4.78 is 37.1. The molecular weight excluding hydrogens is 516 g/mol. The van der Waals surface area contributed by atoms with Gasteiger partial charge in [0, 0.05) is 12.0 Å². The molecule has 0 saturated carbocycles. The number of hydrogen-bond acceptors (Lipinski definition) is 5. The number of hydrogen-bond donors (Lipinski definition) is 0. The van der Waals surface area contributed by atoms with Crippen LogP contribution in [0.1, 0.15) is 40.9 Å². The third kappa shape index (κ3) is 4.32. The van der Waals surface area contributed by atoms with E-state index in [1.807, 2.05) is 6.07 Å². The van der Waals surface area contributed by atoms with Crippen LogP contribution in [0, 0.1) is 5.82 Å². The number of likely N-dealkylation sites (N-methyl/N-ethyl adjacent to an activating group) is 1. The summed E-state index contributed by atoms with van der Waals surface area (Å²) in [5.41, 5.74) is 2.41. The Morgan fingerprint density at radius 3 is 2.71 bits per heavy atom. The van der Waals surface area contributed by atoms with Crippen molar-refractivity contribution in [3.05, 3.63) is 46.8 Å². The Kier molecular flexibility index (Phi) is 7.00. The summed E-state index contributed by atoms with van der Waals surface area (Å²) in [7, 11) is 5.81. The van der Waals surface area contributed by atoms with E-state index in [2.05, 4.69) is 14.1 Å². The average Bonchev–Trinajstić information content (AvgIpc) is 3.18. The number of carbonyl (C=O) groups excluding carboxylic acids is 1. The van der Waals surface area contributed by atoms with Gasteiger partial charge in [0.15, 0.2) is 28.8 Å². The van der Waals surface area contributed by atoms with Crippen molar-refractivity contribution < 1.29 is 56.6 Å². The number of ether oxygens (including phenoxy) is 4. The molecule has 1 atom stereocenters. The van der Waals surface area contributed by atoms with Crippen molar-refractivity contribution in [2.45, 2.75) is 25.8 Å². The third-order valence-electron chi connectivity index (χ3n) is 6.01. The van der Waals surface area contributed by atoms with Gasteiger partial charge in [0.1, 0.15) is 6.04 Å². The number of methoxy groups -OCH3 is 1. The van der Waals surface area contributed by atoms with Crippen molar-refractivity contribution in [1.29, 1.82) is 0 Å². The number of nitrogens with zero attached hydrogens (tertiary/aromatic N) is 1. The number of ketones is 1. The van der Waals surface area contributed by atoms with Gasteiger partial charge in [-0.3, -0.25) is 4.79 Å². The number of rotatable bonds is 6. The molecule has 0 aliphatic carbocycles. The van der Waals surface area contributed by atoms with Crippen molar-refractivity contribution in [1.82, 2.24) is 0 Å². The second-order valence-electron chi connectivity index (χ2n) is 8.19. The molecule has 8 heteroatoms. The van der Waals surface area contributed by atoms with E-state index in [1.54, 1.807) is 20.1 Å². The third-order valence-corrected chi connectivity index (χ3v) is 6.01. The Morgan fingerprint density at radius 1 is 1.26 bits per heavy atom. The predicted molar refractivity (Wildman–Crippen MR) is 109 cm³/mol. The lowest BCUT2D eigenvalue weighted by molar-refractivity contribution is -0.922. The maximum Gasteiger partial charge on any atom is 0.231 e. The fourth-order valence-corrected chi connectivity index (χ4v) is 4.36. The van der Waals surface area contributed by atoms with Crippen LogP contribution in [-0.4, -0.2) is 51.4 Å². The Hall–Kier alpha value is -2.07. The molecule has 168 valence electrons. The molecular formula is C23H27FINO5. The molecule has 2 aliphatic rings. The second kappa shape index (κ2) is 9.20. The highest BCUT2D eigenvalue weighted by atomic mass is 127. The first kappa shape index (κ1) is 23.6. The van der Waals surface area contributed by atoms with Crippen molar-refractivity contribution in [2.75, 3.05) is 41.1 Å². The highest BCUT2D eigenvalue weighted by molar-refractivity contribution is 5.96. The van der Waals surface area contributed by atoms with E-state index in [4.69, 9.17) is 18.9 Å². The van der Waals surface area contributed by atoms with Crippen LogP contribution >= 0.6 is 0 Å². The summed E-state index contributed by atoms with van der Waals surface area (Å²) in [6.07, 6.45) is 1.07. The highest BCUT2D eigenvalue weighted by Crippen LogP contribution is 2.51. The van der Waals surface area contributed by atoms with Gasteiger partial charge < -0.3 is 47.4 Å². The van der Waals surface area contributed by atoms with Gasteiger partial charge in [0.05, 0.1) is 46.3 Å². The molecule has 2 heterocycles. The van der Waals surface area contributed by atoms with E-state index in [9.17, 15) is 9.18 Å². The molecule has 2 aromatic carbocycles. The molecule has 0 radical (unpaired) electrons. The van der Waals surface area contributed by atoms with E-state index in [0.29, 0.717) is 33.9 Å². The smallest absolute Gasteiger partial charge is 0.231 e. The number of quaternary nitrogens is 1. The number of Topliss-reactive ketones (excluding diaryl/α,β-unsaturated/α-hetero) is 1. The zero-order valence-electron chi connectivity index (χ0n) is 18.2. The average molecular weight is 543 g/mol. The molecule has 0 amide bonds. The van der Waals surface area contributed by atoms with Gasteiger partial charge in [-0.05, 0) is 36.8 Å². The van der Waals surface area contributed by atoms with Crippen LogP contribution in [0.15, 0.2) is 24.3 Å². The monoisotopic (exact) mass is 543 g/mol. The quantitative estimate of drug-likeness (QED) is 0.308. The minimum atomic E-state index is -0.526.